The minimum atomic E-state index is -1.09. The molecule has 182 valence electrons. The van der Waals surface area contributed by atoms with Crippen molar-refractivity contribution in [2.45, 2.75) is 69.9 Å². The number of nitrogens with zero attached hydrogens (tertiary/aromatic N) is 2. The van der Waals surface area contributed by atoms with E-state index in [1.807, 2.05) is 6.92 Å². The third-order valence-electron chi connectivity index (χ3n) is 6.13. The summed E-state index contributed by atoms with van der Waals surface area (Å²) in [6, 6.07) is -1.26. The van der Waals surface area contributed by atoms with Gasteiger partial charge < -0.3 is 20.3 Å². The summed E-state index contributed by atoms with van der Waals surface area (Å²) < 4.78 is 5.31. The van der Waals surface area contributed by atoms with Crippen molar-refractivity contribution in [1.82, 2.24) is 20.5 Å². The smallest absolute Gasteiger partial charge is 0.318 e. The van der Waals surface area contributed by atoms with Crippen molar-refractivity contribution in [2.24, 2.45) is 0 Å². The number of rotatable bonds is 9. The van der Waals surface area contributed by atoms with Crippen LogP contribution in [0.5, 0.6) is 0 Å². The lowest BCUT2D eigenvalue weighted by Gasteiger charge is -2.39. The summed E-state index contributed by atoms with van der Waals surface area (Å²) in [5.41, 5.74) is -1.09. The molecule has 0 unspecified atom stereocenters. The number of nitrogens with one attached hydrogen (secondary N) is 3. The van der Waals surface area contributed by atoms with Gasteiger partial charge in [-0.25, -0.2) is 9.78 Å². The molecule has 33 heavy (non-hydrogen) atoms. The largest absolute Gasteiger partial charge is 0.378 e. The van der Waals surface area contributed by atoms with E-state index in [1.54, 1.807) is 10.3 Å². The fourth-order valence-electron chi connectivity index (χ4n) is 4.19. The topological polar surface area (TPSA) is 130 Å². The zero-order valence-corrected chi connectivity index (χ0v) is 19.9. The molecule has 0 bridgehead atoms. The molecule has 10 nitrogen and oxygen atoms in total. The fraction of sp³-hybridized carbons (Fsp3) is 0.682. The summed E-state index contributed by atoms with van der Waals surface area (Å²) in [6.07, 6.45) is 6.94. The van der Waals surface area contributed by atoms with Crippen molar-refractivity contribution < 1.29 is 23.9 Å². The monoisotopic (exact) mass is 479 g/mol. The molecule has 0 spiro atoms. The average Bonchev–Trinajstić information content (AvgIpc) is 3.35. The molecule has 1 aliphatic carbocycles. The number of thiazole rings is 1. The van der Waals surface area contributed by atoms with Gasteiger partial charge >= 0.3 is 6.03 Å². The molecule has 1 aliphatic heterocycles. The van der Waals surface area contributed by atoms with E-state index >= 15 is 0 Å². The van der Waals surface area contributed by atoms with Gasteiger partial charge in [0.15, 0.2) is 5.13 Å². The van der Waals surface area contributed by atoms with Crippen LogP contribution >= 0.6 is 11.3 Å². The van der Waals surface area contributed by atoms with Gasteiger partial charge in [0.1, 0.15) is 5.54 Å². The number of aromatic nitrogens is 1. The van der Waals surface area contributed by atoms with Crippen LogP contribution in [0, 0.1) is 0 Å². The van der Waals surface area contributed by atoms with Crippen LogP contribution in [-0.2, 0) is 19.1 Å². The number of hydrogen-bond donors (Lipinski definition) is 3. The Labute approximate surface area is 197 Å². The van der Waals surface area contributed by atoms with Crippen molar-refractivity contribution in [1.29, 1.82) is 0 Å². The van der Waals surface area contributed by atoms with E-state index in [1.165, 1.54) is 17.5 Å². The van der Waals surface area contributed by atoms with Crippen molar-refractivity contribution in [3.05, 3.63) is 11.6 Å². The van der Waals surface area contributed by atoms with Crippen molar-refractivity contribution in [3.8, 4) is 0 Å². The van der Waals surface area contributed by atoms with Crippen LogP contribution in [0.4, 0.5) is 9.93 Å². The van der Waals surface area contributed by atoms with Gasteiger partial charge in [-0.05, 0) is 19.3 Å². The lowest BCUT2D eigenvalue weighted by atomic mass is 9.80. The van der Waals surface area contributed by atoms with Gasteiger partial charge in [-0.2, -0.15) is 0 Å². The van der Waals surface area contributed by atoms with Gasteiger partial charge in [0.05, 0.1) is 19.3 Å². The highest BCUT2D eigenvalue weighted by Gasteiger charge is 2.43. The zero-order valence-electron chi connectivity index (χ0n) is 19.1. The number of Topliss-reactive ketones (excluding diaryl/α,β-unsaturated/α-hetero) is 1. The number of carbonyl (C=O) groups is 4. The van der Waals surface area contributed by atoms with E-state index in [4.69, 9.17) is 4.74 Å². The predicted molar refractivity (Wildman–Crippen MR) is 124 cm³/mol. The Bertz CT molecular complexity index is 819. The normalized spacial score (nSPS) is 18.8. The highest BCUT2D eigenvalue weighted by atomic mass is 32.1. The number of amides is 4. The predicted octanol–water partition coefficient (Wildman–Crippen LogP) is 2.07. The Morgan fingerprint density at radius 3 is 2.55 bits per heavy atom. The van der Waals surface area contributed by atoms with E-state index < -0.39 is 29.2 Å². The van der Waals surface area contributed by atoms with Crippen LogP contribution in [0.3, 0.4) is 0 Å². The van der Waals surface area contributed by atoms with Crippen LogP contribution in [-0.4, -0.2) is 71.4 Å². The minimum Gasteiger partial charge on any atom is -0.378 e. The van der Waals surface area contributed by atoms with Crippen LogP contribution in [0.2, 0.25) is 0 Å². The molecule has 1 aromatic heterocycles. The molecule has 3 N–H and O–H groups in total. The van der Waals surface area contributed by atoms with E-state index in [-0.39, 0.29) is 6.03 Å². The maximum absolute atomic E-state index is 13.5. The first-order valence-corrected chi connectivity index (χ1v) is 12.5. The number of ketones is 1. The highest BCUT2D eigenvalue weighted by molar-refractivity contribution is 7.13. The second kappa shape index (κ2) is 12.1. The first-order chi connectivity index (χ1) is 15.9. The summed E-state index contributed by atoms with van der Waals surface area (Å²) in [5, 5.41) is 10.3. The number of carbonyl (C=O) groups excluding carboxylic acids is 4. The van der Waals surface area contributed by atoms with E-state index in [9.17, 15) is 19.2 Å². The molecule has 3 rings (SSSR count). The summed E-state index contributed by atoms with van der Waals surface area (Å²) in [4.78, 5) is 57.4. The quantitative estimate of drug-likeness (QED) is 0.465. The van der Waals surface area contributed by atoms with Gasteiger partial charge in [-0.15, -0.1) is 11.3 Å². The van der Waals surface area contributed by atoms with Crippen molar-refractivity contribution >= 4 is 40.1 Å². The SMILES string of the molecule is CCCC[C@H](NC(=O)C1(NC(=O)N2CCOCC2)CCCCC1)C(=O)C(=O)Nc1nccs1. The van der Waals surface area contributed by atoms with Gasteiger partial charge in [0.25, 0.3) is 5.91 Å². The fourth-order valence-corrected chi connectivity index (χ4v) is 4.71. The molecule has 2 aliphatic rings. The van der Waals surface area contributed by atoms with E-state index in [2.05, 4.69) is 20.9 Å². The molecule has 1 saturated heterocycles. The van der Waals surface area contributed by atoms with E-state index in [0.29, 0.717) is 57.1 Å². The molecule has 1 saturated carbocycles. The van der Waals surface area contributed by atoms with Crippen LogP contribution < -0.4 is 16.0 Å². The Morgan fingerprint density at radius 1 is 1.18 bits per heavy atom. The number of hydrogen-bond acceptors (Lipinski definition) is 7. The molecule has 4 amide bonds. The van der Waals surface area contributed by atoms with Gasteiger partial charge in [-0.3, -0.25) is 19.7 Å². The molecule has 11 heteroatoms. The molecule has 2 heterocycles. The first kappa shape index (κ1) is 25.1. The Kier molecular flexibility index (Phi) is 9.19. The van der Waals surface area contributed by atoms with Crippen LogP contribution in [0.15, 0.2) is 11.6 Å². The molecule has 0 aromatic carbocycles. The van der Waals surface area contributed by atoms with Gasteiger partial charge in [0.2, 0.25) is 11.7 Å². The summed E-state index contributed by atoms with van der Waals surface area (Å²) in [6.45, 7) is 3.85. The highest BCUT2D eigenvalue weighted by Crippen LogP contribution is 2.29. The maximum atomic E-state index is 13.5. The summed E-state index contributed by atoms with van der Waals surface area (Å²) in [7, 11) is 0. The van der Waals surface area contributed by atoms with Crippen LogP contribution in [0.25, 0.3) is 0 Å². The van der Waals surface area contributed by atoms with E-state index in [0.717, 1.165) is 25.7 Å². The Balaban J connectivity index is 1.71. The number of ether oxygens (including phenoxy) is 1. The second-order valence-corrected chi connectivity index (χ2v) is 9.39. The first-order valence-electron chi connectivity index (χ1n) is 11.7. The lowest BCUT2D eigenvalue weighted by Crippen LogP contribution is -2.64. The zero-order chi connectivity index (χ0) is 23.7. The molecule has 0 radical (unpaired) electrons. The summed E-state index contributed by atoms with van der Waals surface area (Å²) >= 11 is 1.21. The number of urea groups is 1. The summed E-state index contributed by atoms with van der Waals surface area (Å²) in [5.74, 6) is -1.92. The Morgan fingerprint density at radius 2 is 1.91 bits per heavy atom. The van der Waals surface area contributed by atoms with Gasteiger partial charge in [-0.1, -0.05) is 39.0 Å². The average molecular weight is 480 g/mol. The van der Waals surface area contributed by atoms with Gasteiger partial charge in [0, 0.05) is 24.7 Å². The van der Waals surface area contributed by atoms with Crippen LogP contribution in [0.1, 0.15) is 58.3 Å². The molecular formula is C22H33N5O5S. The number of morpholine rings is 1. The number of anilines is 1. The standard InChI is InChI=1S/C22H33N5O5S/c1-2-3-7-16(17(28)18(29)25-20-23-10-15-33-20)24-19(30)22(8-5-4-6-9-22)26-21(31)27-11-13-32-14-12-27/h10,15-16H,2-9,11-14H2,1H3,(H,24,30)(H,26,31)(H,23,25,29)/t16-/m0/s1. The molecule has 2 fully saturated rings. The van der Waals surface area contributed by atoms with Crippen molar-refractivity contribution in [2.75, 3.05) is 31.6 Å². The number of unbranched alkanes of at least 4 members (excludes halogenated alkanes) is 1. The maximum Gasteiger partial charge on any atom is 0.318 e. The minimum absolute atomic E-state index is 0.298. The second-order valence-electron chi connectivity index (χ2n) is 8.50. The molecular weight excluding hydrogens is 446 g/mol. The molecule has 1 aromatic rings. The van der Waals surface area contributed by atoms with Crippen molar-refractivity contribution in [3.63, 3.8) is 0 Å². The third kappa shape index (κ3) is 6.73. The lowest BCUT2D eigenvalue weighted by molar-refractivity contribution is -0.138. The molecule has 1 atom stereocenters. The third-order valence-corrected chi connectivity index (χ3v) is 6.82. The Hall–Kier alpha value is -2.53.